The molecule has 0 spiro atoms. The third-order valence-corrected chi connectivity index (χ3v) is 4.94. The van der Waals surface area contributed by atoms with Gasteiger partial charge >= 0.3 is 0 Å². The van der Waals surface area contributed by atoms with Crippen LogP contribution in [0.4, 0.5) is 4.39 Å². The summed E-state index contributed by atoms with van der Waals surface area (Å²) < 4.78 is 38.3. The zero-order valence-corrected chi connectivity index (χ0v) is 14.2. The van der Waals surface area contributed by atoms with Gasteiger partial charge in [0, 0.05) is 0 Å². The molecule has 0 bridgehead atoms. The lowest BCUT2D eigenvalue weighted by molar-refractivity contribution is -0.123. The van der Waals surface area contributed by atoms with Crippen LogP contribution in [0, 0.1) is 11.7 Å². The van der Waals surface area contributed by atoms with Crippen molar-refractivity contribution in [2.45, 2.75) is 44.7 Å². The fourth-order valence-corrected chi connectivity index (χ4v) is 3.87. The van der Waals surface area contributed by atoms with Gasteiger partial charge in [0.2, 0.25) is 15.9 Å². The Kier molecular flexibility index (Phi) is 5.75. The number of amides is 1. The first-order valence-electron chi connectivity index (χ1n) is 7.79. The zero-order chi connectivity index (χ0) is 17.0. The zero-order valence-electron chi connectivity index (χ0n) is 13.4. The minimum absolute atomic E-state index is 0.242. The molecule has 128 valence electrons. The summed E-state index contributed by atoms with van der Waals surface area (Å²) in [6.07, 6.45) is 5.12. The molecule has 2 atom stereocenters. The van der Waals surface area contributed by atoms with Crippen LogP contribution in [0.5, 0.6) is 0 Å². The molecule has 0 aliphatic heterocycles. The molecule has 23 heavy (non-hydrogen) atoms. The second-order valence-electron chi connectivity index (χ2n) is 6.20. The second-order valence-corrected chi connectivity index (χ2v) is 7.98. The maximum atomic E-state index is 13.5. The molecule has 1 aromatic carbocycles. The number of hydrogen-bond donors (Lipinski definition) is 2. The van der Waals surface area contributed by atoms with Gasteiger partial charge in [0.15, 0.2) is 0 Å². The Morgan fingerprint density at radius 1 is 1.30 bits per heavy atom. The van der Waals surface area contributed by atoms with E-state index in [9.17, 15) is 17.6 Å². The lowest BCUT2D eigenvalue weighted by Crippen LogP contribution is -2.46. The average Bonchev–Trinajstić information content (AvgIpc) is 2.96. The summed E-state index contributed by atoms with van der Waals surface area (Å²) in [5.74, 6) is -0.509. The Hall–Kier alpha value is -1.47. The van der Waals surface area contributed by atoms with Gasteiger partial charge in [-0.25, -0.2) is 17.5 Å². The Morgan fingerprint density at radius 2 is 1.96 bits per heavy atom. The van der Waals surface area contributed by atoms with E-state index in [-0.39, 0.29) is 17.8 Å². The van der Waals surface area contributed by atoms with Crippen molar-refractivity contribution >= 4 is 15.9 Å². The van der Waals surface area contributed by atoms with E-state index in [1.807, 2.05) is 0 Å². The first-order chi connectivity index (χ1) is 10.8. The SMILES string of the molecule is C[C@@H](NS(C)(=O)=O)C(=O)N[C@@H](c1cccc(F)c1)C1CCCC1. The van der Waals surface area contributed by atoms with Gasteiger partial charge in [-0.2, -0.15) is 0 Å². The molecule has 0 unspecified atom stereocenters. The van der Waals surface area contributed by atoms with Gasteiger partial charge in [-0.05, 0) is 43.4 Å². The first-order valence-corrected chi connectivity index (χ1v) is 9.68. The molecular weight excluding hydrogens is 319 g/mol. The highest BCUT2D eigenvalue weighted by molar-refractivity contribution is 7.88. The van der Waals surface area contributed by atoms with Crippen molar-refractivity contribution in [2.75, 3.05) is 6.26 Å². The van der Waals surface area contributed by atoms with Crippen LogP contribution < -0.4 is 10.0 Å². The smallest absolute Gasteiger partial charge is 0.238 e. The summed E-state index contributed by atoms with van der Waals surface area (Å²) in [4.78, 5) is 12.3. The van der Waals surface area contributed by atoms with Gasteiger partial charge in [-0.15, -0.1) is 0 Å². The van der Waals surface area contributed by atoms with Gasteiger partial charge in [-0.1, -0.05) is 25.0 Å². The molecule has 0 radical (unpaired) electrons. The van der Waals surface area contributed by atoms with Crippen molar-refractivity contribution in [3.8, 4) is 0 Å². The quantitative estimate of drug-likeness (QED) is 0.831. The molecule has 1 aromatic rings. The van der Waals surface area contributed by atoms with Crippen molar-refractivity contribution in [3.63, 3.8) is 0 Å². The van der Waals surface area contributed by atoms with Crippen molar-refractivity contribution < 1.29 is 17.6 Å². The number of nitrogens with one attached hydrogen (secondary N) is 2. The van der Waals surface area contributed by atoms with Crippen LogP contribution in [0.25, 0.3) is 0 Å². The molecule has 0 heterocycles. The van der Waals surface area contributed by atoms with E-state index in [0.717, 1.165) is 37.5 Å². The molecule has 1 aliphatic rings. The monoisotopic (exact) mass is 342 g/mol. The topological polar surface area (TPSA) is 75.3 Å². The van der Waals surface area contributed by atoms with Crippen LogP contribution in [0.15, 0.2) is 24.3 Å². The van der Waals surface area contributed by atoms with Crippen LogP contribution in [0.3, 0.4) is 0 Å². The summed E-state index contributed by atoms with van der Waals surface area (Å²) in [5, 5.41) is 2.89. The third kappa shape index (κ3) is 5.28. The maximum absolute atomic E-state index is 13.5. The molecule has 0 aromatic heterocycles. The number of sulfonamides is 1. The summed E-state index contributed by atoms with van der Waals surface area (Å²) in [6, 6.07) is 5.03. The van der Waals surface area contributed by atoms with Gasteiger partial charge in [0.1, 0.15) is 5.82 Å². The fourth-order valence-electron chi connectivity index (χ4n) is 3.12. The highest BCUT2D eigenvalue weighted by atomic mass is 32.2. The van der Waals surface area contributed by atoms with Gasteiger partial charge in [0.05, 0.1) is 18.3 Å². The van der Waals surface area contributed by atoms with Gasteiger partial charge < -0.3 is 5.32 Å². The van der Waals surface area contributed by atoms with E-state index in [1.165, 1.54) is 19.1 Å². The number of halogens is 1. The minimum Gasteiger partial charge on any atom is -0.348 e. The summed E-state index contributed by atoms with van der Waals surface area (Å²) in [7, 11) is -3.47. The lowest BCUT2D eigenvalue weighted by Gasteiger charge is -2.27. The van der Waals surface area contributed by atoms with Crippen LogP contribution in [-0.2, 0) is 14.8 Å². The van der Waals surface area contributed by atoms with E-state index >= 15 is 0 Å². The predicted octanol–water partition coefficient (Wildman–Crippen LogP) is 2.11. The molecular formula is C16H23FN2O3S. The van der Waals surface area contributed by atoms with Crippen molar-refractivity contribution in [1.29, 1.82) is 0 Å². The average molecular weight is 342 g/mol. The molecule has 1 saturated carbocycles. The van der Waals surface area contributed by atoms with Crippen LogP contribution in [0.2, 0.25) is 0 Å². The molecule has 1 amide bonds. The highest BCUT2D eigenvalue weighted by Crippen LogP contribution is 2.35. The summed E-state index contributed by atoms with van der Waals surface area (Å²) in [5.41, 5.74) is 0.719. The highest BCUT2D eigenvalue weighted by Gasteiger charge is 2.29. The van der Waals surface area contributed by atoms with E-state index in [2.05, 4.69) is 10.0 Å². The molecule has 1 aliphatic carbocycles. The lowest BCUT2D eigenvalue weighted by atomic mass is 9.91. The number of rotatable bonds is 6. The number of benzene rings is 1. The van der Waals surface area contributed by atoms with Crippen LogP contribution in [-0.4, -0.2) is 26.6 Å². The minimum atomic E-state index is -3.47. The van der Waals surface area contributed by atoms with Crippen molar-refractivity contribution in [1.82, 2.24) is 10.0 Å². The summed E-state index contributed by atoms with van der Waals surface area (Å²) >= 11 is 0. The molecule has 5 nitrogen and oxygen atoms in total. The second kappa shape index (κ2) is 7.40. The molecule has 0 saturated heterocycles. The summed E-state index contributed by atoms with van der Waals surface area (Å²) in [6.45, 7) is 1.49. The Labute approximate surface area is 136 Å². The Morgan fingerprint density at radius 3 is 2.52 bits per heavy atom. The van der Waals surface area contributed by atoms with E-state index in [4.69, 9.17) is 0 Å². The van der Waals surface area contributed by atoms with Crippen molar-refractivity contribution in [3.05, 3.63) is 35.6 Å². The standard InChI is InChI=1S/C16H23FN2O3S/c1-11(19-23(2,21)22)16(20)18-15(12-6-3-4-7-12)13-8-5-9-14(17)10-13/h5,8-12,15,19H,3-4,6-7H2,1-2H3,(H,18,20)/t11-,15-/m1/s1. The third-order valence-electron chi connectivity index (χ3n) is 4.16. The molecule has 2 N–H and O–H groups in total. The molecule has 7 heteroatoms. The van der Waals surface area contributed by atoms with E-state index in [0.29, 0.717) is 0 Å². The predicted molar refractivity (Wildman–Crippen MR) is 86.7 cm³/mol. The Balaban J connectivity index is 2.16. The van der Waals surface area contributed by atoms with E-state index in [1.54, 1.807) is 12.1 Å². The van der Waals surface area contributed by atoms with Crippen LogP contribution in [0.1, 0.15) is 44.2 Å². The number of carbonyl (C=O) groups excluding carboxylic acids is 1. The first kappa shape index (κ1) is 17.9. The fraction of sp³-hybridized carbons (Fsp3) is 0.562. The Bertz CT molecular complexity index is 657. The van der Waals surface area contributed by atoms with Crippen molar-refractivity contribution in [2.24, 2.45) is 5.92 Å². The molecule has 2 rings (SSSR count). The molecule has 1 fully saturated rings. The number of carbonyl (C=O) groups is 1. The normalized spacial score (nSPS) is 18.6. The van der Waals surface area contributed by atoms with Crippen LogP contribution >= 0.6 is 0 Å². The maximum Gasteiger partial charge on any atom is 0.238 e. The van der Waals surface area contributed by atoms with Gasteiger partial charge in [-0.3, -0.25) is 4.79 Å². The van der Waals surface area contributed by atoms with E-state index < -0.39 is 22.0 Å². The largest absolute Gasteiger partial charge is 0.348 e. The van der Waals surface area contributed by atoms with Gasteiger partial charge in [0.25, 0.3) is 0 Å². The number of hydrogen-bond acceptors (Lipinski definition) is 3.